The SMILES string of the molecule is C=CC(C#Cc1cccc(F)c1)=CC=C(C(=O)NC(C)C(C)(C)OC)C(C)CC. The van der Waals surface area contributed by atoms with Gasteiger partial charge in [-0.1, -0.05) is 50.5 Å². The zero-order valence-corrected chi connectivity index (χ0v) is 18.3. The van der Waals surface area contributed by atoms with Crippen LogP contribution >= 0.6 is 0 Å². The van der Waals surface area contributed by atoms with E-state index in [-0.39, 0.29) is 23.7 Å². The van der Waals surface area contributed by atoms with E-state index in [1.165, 1.54) is 12.1 Å². The quantitative estimate of drug-likeness (QED) is 0.372. The van der Waals surface area contributed by atoms with Crippen LogP contribution in [0.25, 0.3) is 0 Å². The highest BCUT2D eigenvalue weighted by Crippen LogP contribution is 2.18. The van der Waals surface area contributed by atoms with Gasteiger partial charge in [0.25, 0.3) is 0 Å². The first-order chi connectivity index (χ1) is 13.6. The molecule has 0 bridgehead atoms. The summed E-state index contributed by atoms with van der Waals surface area (Å²) in [5.41, 5.74) is 1.41. The van der Waals surface area contributed by atoms with E-state index in [1.807, 2.05) is 34.6 Å². The van der Waals surface area contributed by atoms with Crippen molar-refractivity contribution in [3.05, 3.63) is 71.6 Å². The maximum atomic E-state index is 13.3. The first kappa shape index (κ1) is 24.4. The summed E-state index contributed by atoms with van der Waals surface area (Å²) in [6.07, 6.45) is 6.00. The van der Waals surface area contributed by atoms with Crippen LogP contribution in [0.1, 0.15) is 46.6 Å². The number of benzene rings is 1. The van der Waals surface area contributed by atoms with E-state index in [1.54, 1.807) is 37.5 Å². The molecule has 29 heavy (non-hydrogen) atoms. The van der Waals surface area contributed by atoms with Gasteiger partial charge < -0.3 is 10.1 Å². The smallest absolute Gasteiger partial charge is 0.247 e. The molecule has 1 N–H and O–H groups in total. The molecule has 0 fully saturated rings. The van der Waals surface area contributed by atoms with Crippen LogP contribution in [-0.2, 0) is 9.53 Å². The van der Waals surface area contributed by atoms with Crippen LogP contribution in [0.5, 0.6) is 0 Å². The number of methoxy groups -OCH3 is 1. The second-order valence-electron chi connectivity index (χ2n) is 7.52. The number of allylic oxidation sites excluding steroid dienone is 4. The Balaban J connectivity index is 3.13. The van der Waals surface area contributed by atoms with Gasteiger partial charge in [0.2, 0.25) is 5.91 Å². The van der Waals surface area contributed by atoms with Crippen LogP contribution in [0.4, 0.5) is 4.39 Å². The second-order valence-corrected chi connectivity index (χ2v) is 7.52. The van der Waals surface area contributed by atoms with Crippen LogP contribution in [0.15, 0.2) is 60.2 Å². The number of carbonyl (C=O) groups is 1. The molecule has 2 unspecified atom stereocenters. The molecule has 1 amide bonds. The molecule has 0 aliphatic rings. The van der Waals surface area contributed by atoms with Crippen molar-refractivity contribution in [3.8, 4) is 11.8 Å². The molecule has 1 aromatic carbocycles. The normalized spacial score (nSPS) is 14.4. The number of carbonyl (C=O) groups excluding carboxylic acids is 1. The van der Waals surface area contributed by atoms with Crippen molar-refractivity contribution in [2.45, 2.75) is 52.7 Å². The highest BCUT2D eigenvalue weighted by molar-refractivity contribution is 5.94. The largest absolute Gasteiger partial charge is 0.377 e. The summed E-state index contributed by atoms with van der Waals surface area (Å²) in [6.45, 7) is 13.6. The molecule has 0 aromatic heterocycles. The predicted molar refractivity (Wildman–Crippen MR) is 118 cm³/mol. The van der Waals surface area contributed by atoms with Gasteiger partial charge in [0.15, 0.2) is 0 Å². The molecule has 0 aliphatic heterocycles. The van der Waals surface area contributed by atoms with E-state index in [4.69, 9.17) is 4.74 Å². The first-order valence-corrected chi connectivity index (χ1v) is 9.82. The Kier molecular flexibility index (Phi) is 9.58. The van der Waals surface area contributed by atoms with Crippen molar-refractivity contribution in [2.24, 2.45) is 5.92 Å². The average Bonchev–Trinajstić information content (AvgIpc) is 2.69. The lowest BCUT2D eigenvalue weighted by Crippen LogP contribution is -2.49. The Morgan fingerprint density at radius 3 is 2.59 bits per heavy atom. The molecule has 0 aliphatic carbocycles. The van der Waals surface area contributed by atoms with Gasteiger partial charge in [-0.05, 0) is 57.4 Å². The highest BCUT2D eigenvalue weighted by atomic mass is 19.1. The molecule has 0 heterocycles. The fourth-order valence-corrected chi connectivity index (χ4v) is 2.37. The van der Waals surface area contributed by atoms with E-state index in [2.05, 4.69) is 23.7 Å². The maximum absolute atomic E-state index is 13.3. The number of hydrogen-bond donors (Lipinski definition) is 1. The van der Waals surface area contributed by atoms with E-state index in [9.17, 15) is 9.18 Å². The van der Waals surface area contributed by atoms with Crippen molar-refractivity contribution in [1.82, 2.24) is 5.32 Å². The lowest BCUT2D eigenvalue weighted by molar-refractivity contribution is -0.120. The molecule has 0 radical (unpaired) electrons. The summed E-state index contributed by atoms with van der Waals surface area (Å²) in [6, 6.07) is 5.94. The van der Waals surface area contributed by atoms with E-state index in [0.29, 0.717) is 16.7 Å². The molecule has 0 saturated heterocycles. The Bertz CT molecular complexity index is 840. The Hall–Kier alpha value is -2.64. The molecule has 0 saturated carbocycles. The third-order valence-electron chi connectivity index (χ3n) is 5.16. The molecular weight excluding hydrogens is 365 g/mol. The molecule has 156 valence electrons. The van der Waals surface area contributed by atoms with E-state index < -0.39 is 5.60 Å². The van der Waals surface area contributed by atoms with Crippen LogP contribution in [0, 0.1) is 23.6 Å². The van der Waals surface area contributed by atoms with Gasteiger partial charge >= 0.3 is 0 Å². The number of halogens is 1. The van der Waals surface area contributed by atoms with E-state index in [0.717, 1.165) is 6.42 Å². The molecule has 3 nitrogen and oxygen atoms in total. The Morgan fingerprint density at radius 2 is 2.03 bits per heavy atom. The van der Waals surface area contributed by atoms with Crippen molar-refractivity contribution in [2.75, 3.05) is 7.11 Å². The van der Waals surface area contributed by atoms with Crippen molar-refractivity contribution in [1.29, 1.82) is 0 Å². The number of rotatable bonds is 8. The van der Waals surface area contributed by atoms with E-state index >= 15 is 0 Å². The zero-order valence-electron chi connectivity index (χ0n) is 18.3. The monoisotopic (exact) mass is 397 g/mol. The third-order valence-corrected chi connectivity index (χ3v) is 5.16. The summed E-state index contributed by atoms with van der Waals surface area (Å²) >= 11 is 0. The average molecular weight is 398 g/mol. The lowest BCUT2D eigenvalue weighted by Gasteiger charge is -2.31. The lowest BCUT2D eigenvalue weighted by atomic mass is 9.94. The summed E-state index contributed by atoms with van der Waals surface area (Å²) in [5.74, 6) is 5.50. The van der Waals surface area contributed by atoms with Gasteiger partial charge in [0.05, 0.1) is 11.6 Å². The van der Waals surface area contributed by atoms with Gasteiger partial charge in [-0.2, -0.15) is 0 Å². The molecular formula is C25H32FNO2. The topological polar surface area (TPSA) is 38.3 Å². The van der Waals surface area contributed by atoms with Crippen LogP contribution in [0.3, 0.4) is 0 Å². The molecule has 4 heteroatoms. The number of amides is 1. The van der Waals surface area contributed by atoms with Gasteiger partial charge in [0, 0.05) is 23.8 Å². The second kappa shape index (κ2) is 11.4. The van der Waals surface area contributed by atoms with Gasteiger partial charge in [-0.3, -0.25) is 4.79 Å². The van der Waals surface area contributed by atoms with Crippen LogP contribution < -0.4 is 5.32 Å². The van der Waals surface area contributed by atoms with Crippen molar-refractivity contribution in [3.63, 3.8) is 0 Å². The van der Waals surface area contributed by atoms with Crippen molar-refractivity contribution < 1.29 is 13.9 Å². The van der Waals surface area contributed by atoms with Crippen LogP contribution in [-0.4, -0.2) is 24.7 Å². The minimum atomic E-state index is -0.477. The Labute approximate surface area is 174 Å². The first-order valence-electron chi connectivity index (χ1n) is 9.82. The number of ether oxygens (including phenoxy) is 1. The van der Waals surface area contributed by atoms with Gasteiger partial charge in [-0.25, -0.2) is 4.39 Å². The molecule has 2 atom stereocenters. The zero-order chi connectivity index (χ0) is 22.0. The maximum Gasteiger partial charge on any atom is 0.247 e. The minimum Gasteiger partial charge on any atom is -0.377 e. The van der Waals surface area contributed by atoms with Crippen molar-refractivity contribution >= 4 is 5.91 Å². The summed E-state index contributed by atoms with van der Waals surface area (Å²) < 4.78 is 18.8. The fourth-order valence-electron chi connectivity index (χ4n) is 2.37. The van der Waals surface area contributed by atoms with Gasteiger partial charge in [-0.15, -0.1) is 0 Å². The predicted octanol–water partition coefficient (Wildman–Crippen LogP) is 5.19. The minimum absolute atomic E-state index is 0.0753. The van der Waals surface area contributed by atoms with Crippen LogP contribution in [0.2, 0.25) is 0 Å². The Morgan fingerprint density at radius 1 is 1.34 bits per heavy atom. The molecule has 1 rings (SSSR count). The number of hydrogen-bond acceptors (Lipinski definition) is 2. The summed E-state index contributed by atoms with van der Waals surface area (Å²) in [4.78, 5) is 12.9. The fraction of sp³-hybridized carbons (Fsp3) is 0.400. The van der Waals surface area contributed by atoms with Gasteiger partial charge in [0.1, 0.15) is 5.82 Å². The number of nitrogens with one attached hydrogen (secondary N) is 1. The standard InChI is InChI=1S/C25H32FNO2/c1-8-18(3)23(24(28)27-19(4)25(5,6)29-7)16-15-20(9-2)13-14-21-11-10-12-22(26)17-21/h9-12,15-19H,2,8H2,1,3-7H3,(H,27,28). The summed E-state index contributed by atoms with van der Waals surface area (Å²) in [7, 11) is 1.63. The third kappa shape index (κ3) is 7.71. The summed E-state index contributed by atoms with van der Waals surface area (Å²) in [5, 5.41) is 3.03. The molecule has 0 spiro atoms. The molecule has 1 aromatic rings. The highest BCUT2D eigenvalue weighted by Gasteiger charge is 2.28.